The topological polar surface area (TPSA) is 102 Å². The number of carbonyl (C=O) groups is 2. The predicted octanol–water partition coefficient (Wildman–Crippen LogP) is 3.80. The van der Waals surface area contributed by atoms with Crippen LogP contribution in [0.5, 0.6) is 0 Å². The van der Waals surface area contributed by atoms with Crippen molar-refractivity contribution < 1.29 is 9.59 Å². The van der Waals surface area contributed by atoms with Gasteiger partial charge in [-0.15, -0.1) is 10.2 Å². The number of rotatable bonds is 9. The summed E-state index contributed by atoms with van der Waals surface area (Å²) < 4.78 is 2.14. The maximum absolute atomic E-state index is 12.3. The molecule has 0 bridgehead atoms. The Hall–Kier alpha value is -3.46. The summed E-state index contributed by atoms with van der Waals surface area (Å²) in [4.78, 5) is 29.2. The van der Waals surface area contributed by atoms with Gasteiger partial charge >= 0.3 is 0 Å². The number of amides is 2. The van der Waals surface area contributed by atoms with Crippen LogP contribution in [0.2, 0.25) is 0 Å². The van der Waals surface area contributed by atoms with E-state index in [1.165, 1.54) is 11.8 Å². The molecule has 0 spiro atoms. The van der Waals surface area contributed by atoms with Gasteiger partial charge < -0.3 is 15.2 Å². The van der Waals surface area contributed by atoms with Gasteiger partial charge in [-0.25, -0.2) is 4.98 Å². The fourth-order valence-electron chi connectivity index (χ4n) is 3.71. The molecule has 0 saturated carbocycles. The Morgan fingerprint density at radius 3 is 2.61 bits per heavy atom. The minimum absolute atomic E-state index is 0.0969. The zero-order valence-electron chi connectivity index (χ0n) is 18.7. The van der Waals surface area contributed by atoms with E-state index in [1.807, 2.05) is 49.4 Å². The molecule has 2 N–H and O–H groups in total. The number of hydrogen-bond donors (Lipinski definition) is 2. The molecule has 2 amide bonds. The minimum Gasteiger partial charge on any atom is -0.346 e. The van der Waals surface area contributed by atoms with Crippen molar-refractivity contribution in [3.63, 3.8) is 0 Å². The second kappa shape index (κ2) is 10.4. The maximum atomic E-state index is 12.3. The molecule has 0 aliphatic rings. The molecule has 33 heavy (non-hydrogen) atoms. The van der Waals surface area contributed by atoms with Gasteiger partial charge in [-0.3, -0.25) is 9.59 Å². The lowest BCUT2D eigenvalue weighted by Crippen LogP contribution is -2.34. The van der Waals surface area contributed by atoms with Gasteiger partial charge in [-0.2, -0.15) is 0 Å². The van der Waals surface area contributed by atoms with Gasteiger partial charge in [0.05, 0.1) is 17.8 Å². The quantitative estimate of drug-likeness (QED) is 0.367. The van der Waals surface area contributed by atoms with Gasteiger partial charge in [0.1, 0.15) is 5.52 Å². The molecule has 0 fully saturated rings. The lowest BCUT2D eigenvalue weighted by atomic mass is 10.1. The molecular formula is C24H26N6O2S. The van der Waals surface area contributed by atoms with E-state index in [-0.39, 0.29) is 24.1 Å². The normalized spacial score (nSPS) is 11.1. The van der Waals surface area contributed by atoms with Crippen molar-refractivity contribution in [3.05, 3.63) is 54.1 Å². The number of fused-ring (bicyclic) bond motifs is 3. The number of hydrogen-bond acceptors (Lipinski definition) is 6. The van der Waals surface area contributed by atoms with Crippen molar-refractivity contribution in [1.29, 1.82) is 0 Å². The van der Waals surface area contributed by atoms with Crippen molar-refractivity contribution in [3.8, 4) is 0 Å². The van der Waals surface area contributed by atoms with Crippen LogP contribution in [0.4, 0.5) is 5.69 Å². The predicted molar refractivity (Wildman–Crippen MR) is 131 cm³/mol. The number of thioether (sulfide) groups is 1. The van der Waals surface area contributed by atoms with Crippen LogP contribution in [0, 0.1) is 0 Å². The number of para-hydroxylation sites is 2. The highest BCUT2D eigenvalue weighted by molar-refractivity contribution is 7.99. The molecule has 2 aromatic carbocycles. The Kier molecular flexibility index (Phi) is 7.19. The van der Waals surface area contributed by atoms with Crippen LogP contribution < -0.4 is 10.6 Å². The Morgan fingerprint density at radius 1 is 1.00 bits per heavy atom. The highest BCUT2D eigenvalue weighted by atomic mass is 32.2. The van der Waals surface area contributed by atoms with Crippen LogP contribution in [-0.4, -0.2) is 43.9 Å². The SMILES string of the molecule is CCCn1c2ccccc2c2nnc(SCC(=O)NCC(=O)Nc3ccccc3CC)nc21. The third-order valence-corrected chi connectivity index (χ3v) is 6.09. The molecule has 2 aromatic heterocycles. The first-order valence-corrected chi connectivity index (χ1v) is 12.0. The van der Waals surface area contributed by atoms with Gasteiger partial charge in [0.25, 0.3) is 0 Å². The van der Waals surface area contributed by atoms with E-state index in [0.29, 0.717) is 5.16 Å². The van der Waals surface area contributed by atoms with Crippen LogP contribution in [-0.2, 0) is 22.6 Å². The Balaban J connectivity index is 1.37. The van der Waals surface area contributed by atoms with E-state index in [1.54, 1.807) is 0 Å². The van der Waals surface area contributed by atoms with E-state index in [0.717, 1.165) is 52.7 Å². The molecule has 4 rings (SSSR count). The number of nitrogens with one attached hydrogen (secondary N) is 2. The lowest BCUT2D eigenvalue weighted by Gasteiger charge is -2.10. The molecule has 9 heteroatoms. The first-order valence-electron chi connectivity index (χ1n) is 11.0. The smallest absolute Gasteiger partial charge is 0.243 e. The summed E-state index contributed by atoms with van der Waals surface area (Å²) in [6, 6.07) is 15.7. The van der Waals surface area contributed by atoms with Crippen molar-refractivity contribution in [1.82, 2.24) is 25.1 Å². The molecular weight excluding hydrogens is 436 g/mol. The van der Waals surface area contributed by atoms with Crippen LogP contribution in [0.15, 0.2) is 53.7 Å². The standard InChI is InChI=1S/C24H26N6O2S/c1-3-13-30-19-12-8-6-10-17(19)22-23(30)27-24(29-28-22)33-15-21(32)25-14-20(31)26-18-11-7-5-9-16(18)4-2/h5-12H,3-4,13-15H2,1-2H3,(H,25,32)(H,26,31). The summed E-state index contributed by atoms with van der Waals surface area (Å²) >= 11 is 1.20. The Morgan fingerprint density at radius 2 is 1.79 bits per heavy atom. The summed E-state index contributed by atoms with van der Waals surface area (Å²) in [7, 11) is 0. The minimum atomic E-state index is -0.267. The van der Waals surface area contributed by atoms with Crippen LogP contribution in [0.1, 0.15) is 25.8 Å². The third-order valence-electron chi connectivity index (χ3n) is 5.25. The van der Waals surface area contributed by atoms with E-state index in [9.17, 15) is 9.59 Å². The zero-order valence-corrected chi connectivity index (χ0v) is 19.5. The summed E-state index contributed by atoms with van der Waals surface area (Å²) in [5.41, 5.74) is 4.42. The van der Waals surface area contributed by atoms with E-state index >= 15 is 0 Å². The number of aromatic nitrogens is 4. The van der Waals surface area contributed by atoms with Gasteiger partial charge in [-0.1, -0.05) is 62.0 Å². The number of anilines is 1. The summed E-state index contributed by atoms with van der Waals surface area (Å²) in [5.74, 6) is -0.436. The zero-order chi connectivity index (χ0) is 23.2. The fourth-order valence-corrected chi connectivity index (χ4v) is 4.32. The average Bonchev–Trinajstić information content (AvgIpc) is 3.15. The molecule has 0 saturated heterocycles. The molecule has 2 heterocycles. The number of nitrogens with zero attached hydrogens (tertiary/aromatic N) is 4. The first kappa shape index (κ1) is 22.7. The molecule has 0 unspecified atom stereocenters. The molecule has 4 aromatic rings. The number of carbonyl (C=O) groups excluding carboxylic acids is 2. The molecule has 0 aliphatic carbocycles. The molecule has 0 atom stereocenters. The third kappa shape index (κ3) is 5.14. The Labute approximate surface area is 196 Å². The summed E-state index contributed by atoms with van der Waals surface area (Å²) in [6.45, 7) is 4.87. The summed E-state index contributed by atoms with van der Waals surface area (Å²) in [5, 5.41) is 15.5. The average molecular weight is 463 g/mol. The monoisotopic (exact) mass is 462 g/mol. The fraction of sp³-hybridized carbons (Fsp3) is 0.292. The Bertz CT molecular complexity index is 1300. The highest BCUT2D eigenvalue weighted by Crippen LogP contribution is 2.27. The largest absolute Gasteiger partial charge is 0.346 e. The van der Waals surface area contributed by atoms with Crippen molar-refractivity contribution in [2.75, 3.05) is 17.6 Å². The van der Waals surface area contributed by atoms with Crippen LogP contribution in [0.25, 0.3) is 22.1 Å². The molecule has 8 nitrogen and oxygen atoms in total. The molecule has 170 valence electrons. The number of aryl methyl sites for hydroxylation is 2. The summed E-state index contributed by atoms with van der Waals surface area (Å²) in [6.07, 6.45) is 1.78. The first-order chi connectivity index (χ1) is 16.1. The molecule has 0 radical (unpaired) electrons. The second-order valence-electron chi connectivity index (χ2n) is 7.56. The van der Waals surface area contributed by atoms with Crippen LogP contribution in [0.3, 0.4) is 0 Å². The van der Waals surface area contributed by atoms with Gasteiger partial charge in [0.15, 0.2) is 5.65 Å². The van der Waals surface area contributed by atoms with E-state index in [4.69, 9.17) is 0 Å². The van der Waals surface area contributed by atoms with Crippen molar-refractivity contribution in [2.45, 2.75) is 38.4 Å². The van der Waals surface area contributed by atoms with Gasteiger partial charge in [0.2, 0.25) is 17.0 Å². The highest BCUT2D eigenvalue weighted by Gasteiger charge is 2.15. The van der Waals surface area contributed by atoms with E-state index < -0.39 is 0 Å². The van der Waals surface area contributed by atoms with Crippen LogP contribution >= 0.6 is 11.8 Å². The number of benzene rings is 2. The van der Waals surface area contributed by atoms with Gasteiger partial charge in [0, 0.05) is 17.6 Å². The maximum Gasteiger partial charge on any atom is 0.243 e. The van der Waals surface area contributed by atoms with E-state index in [2.05, 4.69) is 43.4 Å². The lowest BCUT2D eigenvalue weighted by molar-refractivity contribution is -0.122. The van der Waals surface area contributed by atoms with Gasteiger partial charge in [-0.05, 0) is 30.5 Å². The van der Waals surface area contributed by atoms with Crippen molar-refractivity contribution >= 4 is 51.3 Å². The van der Waals surface area contributed by atoms with Crippen molar-refractivity contribution in [2.24, 2.45) is 0 Å². The molecule has 0 aliphatic heterocycles. The second-order valence-corrected chi connectivity index (χ2v) is 8.50.